The predicted octanol–water partition coefficient (Wildman–Crippen LogP) is 4.37. The van der Waals surface area contributed by atoms with Crippen molar-refractivity contribution in [3.63, 3.8) is 0 Å². The van der Waals surface area contributed by atoms with Gasteiger partial charge >= 0.3 is 0 Å². The van der Waals surface area contributed by atoms with E-state index in [4.69, 9.17) is 5.26 Å². The molecule has 0 aliphatic carbocycles. The Labute approximate surface area is 176 Å². The van der Waals surface area contributed by atoms with Crippen LogP contribution in [0, 0.1) is 25.2 Å². The number of benzene rings is 2. The summed E-state index contributed by atoms with van der Waals surface area (Å²) in [4.78, 5) is -0.186. The molecule has 1 aromatic heterocycles. The Hall–Kier alpha value is -2.92. The number of nitriles is 1. The fourth-order valence-corrected chi connectivity index (χ4v) is 4.65. The highest BCUT2D eigenvalue weighted by atomic mass is 32.2. The minimum absolute atomic E-state index is 0.186. The van der Waals surface area contributed by atoms with Gasteiger partial charge in [-0.25, -0.2) is 0 Å². The van der Waals surface area contributed by atoms with Gasteiger partial charge < -0.3 is 9.67 Å². The quantitative estimate of drug-likeness (QED) is 0.572. The molecule has 7 heteroatoms. The largest absolute Gasteiger partial charge is 0.396 e. The van der Waals surface area contributed by atoms with Crippen LogP contribution >= 0.6 is 0 Å². The van der Waals surface area contributed by atoms with Crippen LogP contribution in [0.15, 0.2) is 53.4 Å². The molecule has 0 fully saturated rings. The zero-order chi connectivity index (χ0) is 22.1. The number of aliphatic hydroxyl groups excluding tert-OH is 1. The van der Waals surface area contributed by atoms with Gasteiger partial charge in [-0.2, -0.15) is 13.7 Å². The molecule has 3 aromatic rings. The van der Waals surface area contributed by atoms with Crippen molar-refractivity contribution in [1.29, 1.82) is 5.26 Å². The summed E-state index contributed by atoms with van der Waals surface area (Å²) in [5.74, 6) is -0.457. The first-order chi connectivity index (χ1) is 14.2. The summed E-state index contributed by atoms with van der Waals surface area (Å²) in [6, 6.07) is 16.1. The van der Waals surface area contributed by atoms with Gasteiger partial charge in [-0.3, -0.25) is 4.55 Å². The predicted molar refractivity (Wildman–Crippen MR) is 115 cm³/mol. The average molecular weight is 425 g/mol. The second kappa shape index (κ2) is 8.44. The average Bonchev–Trinajstić information content (AvgIpc) is 3.09. The van der Waals surface area contributed by atoms with E-state index in [1.165, 1.54) is 6.07 Å². The van der Waals surface area contributed by atoms with E-state index < -0.39 is 16.0 Å². The topological polar surface area (TPSA) is 103 Å². The van der Waals surface area contributed by atoms with Crippen LogP contribution in [0.3, 0.4) is 0 Å². The Kier molecular flexibility index (Phi) is 6.13. The molecule has 0 bridgehead atoms. The van der Waals surface area contributed by atoms with Crippen molar-refractivity contribution in [2.75, 3.05) is 6.61 Å². The van der Waals surface area contributed by atoms with Gasteiger partial charge in [-0.15, -0.1) is 0 Å². The molecule has 2 aromatic carbocycles. The first-order valence-electron chi connectivity index (χ1n) is 9.64. The Bertz CT molecular complexity index is 1220. The van der Waals surface area contributed by atoms with E-state index >= 15 is 0 Å². The molecule has 3 rings (SSSR count). The summed E-state index contributed by atoms with van der Waals surface area (Å²) < 4.78 is 36.2. The molecule has 1 atom stereocenters. The Balaban J connectivity index is 2.38. The SMILES string of the molecule is CCC(CO)c1c(S(=O)(=O)O)ccc(C)c1-c1ccc(C)n1-c1ccc(C#N)cc1. The van der Waals surface area contributed by atoms with Crippen LogP contribution < -0.4 is 0 Å². The zero-order valence-corrected chi connectivity index (χ0v) is 17.9. The van der Waals surface area contributed by atoms with Gasteiger partial charge in [0.2, 0.25) is 0 Å². The second-order valence-electron chi connectivity index (χ2n) is 7.29. The lowest BCUT2D eigenvalue weighted by Crippen LogP contribution is -2.14. The van der Waals surface area contributed by atoms with E-state index in [-0.39, 0.29) is 11.5 Å². The molecule has 156 valence electrons. The molecular weight excluding hydrogens is 400 g/mol. The standard InChI is InChI=1S/C23H24N2O4S/c1-4-18(14-26)23-21(30(27,28)29)12-5-15(2)22(23)20-11-6-16(3)25(20)19-9-7-17(13-24)8-10-19/h5-12,18,26H,4,14H2,1-3H3,(H,27,28,29). The fraction of sp³-hybridized carbons (Fsp3) is 0.261. The molecule has 0 aliphatic heterocycles. The first kappa shape index (κ1) is 21.8. The van der Waals surface area contributed by atoms with Crippen molar-refractivity contribution in [3.8, 4) is 23.0 Å². The normalized spacial score (nSPS) is 12.5. The van der Waals surface area contributed by atoms with E-state index in [9.17, 15) is 18.1 Å². The molecule has 1 heterocycles. The van der Waals surface area contributed by atoms with E-state index in [1.807, 2.05) is 49.6 Å². The first-order valence-corrected chi connectivity index (χ1v) is 11.1. The summed E-state index contributed by atoms with van der Waals surface area (Å²) >= 11 is 0. The van der Waals surface area contributed by atoms with Crippen LogP contribution in [-0.2, 0) is 10.1 Å². The number of hydrogen-bond donors (Lipinski definition) is 2. The van der Waals surface area contributed by atoms with Crippen molar-refractivity contribution in [3.05, 3.63) is 70.9 Å². The number of hydrogen-bond acceptors (Lipinski definition) is 4. The minimum atomic E-state index is -4.48. The van der Waals surface area contributed by atoms with Gasteiger partial charge in [-0.1, -0.05) is 13.0 Å². The van der Waals surface area contributed by atoms with E-state index in [0.717, 1.165) is 22.6 Å². The van der Waals surface area contributed by atoms with Gasteiger partial charge in [-0.05, 0) is 73.9 Å². The number of rotatable bonds is 6. The molecule has 0 aliphatic rings. The van der Waals surface area contributed by atoms with Gasteiger partial charge in [0.05, 0.1) is 22.2 Å². The smallest absolute Gasteiger partial charge is 0.294 e. The van der Waals surface area contributed by atoms with Crippen LogP contribution in [0.25, 0.3) is 16.9 Å². The Morgan fingerprint density at radius 3 is 2.27 bits per heavy atom. The zero-order valence-electron chi connectivity index (χ0n) is 17.1. The van der Waals surface area contributed by atoms with Crippen molar-refractivity contribution in [2.45, 2.75) is 38.0 Å². The van der Waals surface area contributed by atoms with Crippen molar-refractivity contribution in [2.24, 2.45) is 0 Å². The van der Waals surface area contributed by atoms with Gasteiger partial charge in [0.1, 0.15) is 0 Å². The highest BCUT2D eigenvalue weighted by Crippen LogP contribution is 2.39. The summed E-state index contributed by atoms with van der Waals surface area (Å²) in [5, 5.41) is 19.0. The molecule has 0 spiro atoms. The van der Waals surface area contributed by atoms with Crippen molar-refractivity contribution >= 4 is 10.1 Å². The number of aryl methyl sites for hydroxylation is 2. The highest BCUT2D eigenvalue weighted by molar-refractivity contribution is 7.85. The third-order valence-electron chi connectivity index (χ3n) is 5.40. The van der Waals surface area contributed by atoms with E-state index in [1.54, 1.807) is 18.2 Å². The Morgan fingerprint density at radius 1 is 1.07 bits per heavy atom. The van der Waals surface area contributed by atoms with E-state index in [2.05, 4.69) is 6.07 Å². The molecule has 0 saturated carbocycles. The van der Waals surface area contributed by atoms with Crippen LogP contribution in [0.1, 0.15) is 41.6 Å². The molecule has 6 nitrogen and oxygen atoms in total. The maximum atomic E-state index is 12.2. The monoisotopic (exact) mass is 424 g/mol. The number of aliphatic hydroxyl groups is 1. The maximum absolute atomic E-state index is 12.2. The van der Waals surface area contributed by atoms with Crippen LogP contribution in [0.2, 0.25) is 0 Å². The van der Waals surface area contributed by atoms with Gasteiger partial charge in [0.25, 0.3) is 10.1 Å². The molecule has 2 N–H and O–H groups in total. The minimum Gasteiger partial charge on any atom is -0.396 e. The third kappa shape index (κ3) is 3.90. The molecule has 1 unspecified atom stereocenters. The summed E-state index contributed by atoms with van der Waals surface area (Å²) in [6.07, 6.45) is 0.506. The summed E-state index contributed by atoms with van der Waals surface area (Å²) in [5.41, 5.74) is 4.96. The lowest BCUT2D eigenvalue weighted by Gasteiger charge is -2.23. The lowest BCUT2D eigenvalue weighted by atomic mass is 9.88. The fourth-order valence-electron chi connectivity index (χ4n) is 3.87. The summed E-state index contributed by atoms with van der Waals surface area (Å²) in [7, 11) is -4.48. The van der Waals surface area contributed by atoms with E-state index in [0.29, 0.717) is 23.1 Å². The number of nitrogens with zero attached hydrogens (tertiary/aromatic N) is 2. The van der Waals surface area contributed by atoms with Crippen LogP contribution in [0.4, 0.5) is 0 Å². The molecular formula is C23H24N2O4S. The lowest BCUT2D eigenvalue weighted by molar-refractivity contribution is 0.261. The molecule has 0 radical (unpaired) electrons. The van der Waals surface area contributed by atoms with Crippen molar-refractivity contribution < 1.29 is 18.1 Å². The number of aromatic nitrogens is 1. The molecule has 30 heavy (non-hydrogen) atoms. The third-order valence-corrected chi connectivity index (χ3v) is 6.31. The maximum Gasteiger partial charge on any atom is 0.294 e. The van der Waals surface area contributed by atoms with Crippen LogP contribution in [-0.4, -0.2) is 29.3 Å². The van der Waals surface area contributed by atoms with Gasteiger partial charge in [0, 0.05) is 29.5 Å². The second-order valence-corrected chi connectivity index (χ2v) is 8.68. The molecule has 0 amide bonds. The Morgan fingerprint density at radius 2 is 1.73 bits per heavy atom. The summed E-state index contributed by atoms with van der Waals surface area (Å²) in [6.45, 7) is 5.44. The molecule has 0 saturated heterocycles. The van der Waals surface area contributed by atoms with Gasteiger partial charge in [0.15, 0.2) is 0 Å². The van der Waals surface area contributed by atoms with Crippen molar-refractivity contribution in [1.82, 2.24) is 4.57 Å². The van der Waals surface area contributed by atoms with Crippen LogP contribution in [0.5, 0.6) is 0 Å². The highest BCUT2D eigenvalue weighted by Gasteiger charge is 2.27.